The predicted octanol–water partition coefficient (Wildman–Crippen LogP) is 4.71. The summed E-state index contributed by atoms with van der Waals surface area (Å²) in [7, 11) is 1.21. The lowest BCUT2D eigenvalue weighted by atomic mass is 9.86. The van der Waals surface area contributed by atoms with E-state index in [1.54, 1.807) is 26.8 Å². The molecule has 0 aliphatic carbocycles. The molecule has 2 atom stereocenters. The minimum atomic E-state index is -1.58. The number of hydrogen-bond donors (Lipinski definition) is 1. The van der Waals surface area contributed by atoms with E-state index in [9.17, 15) is 19.2 Å². The van der Waals surface area contributed by atoms with Crippen molar-refractivity contribution in [2.45, 2.75) is 84.8 Å². The van der Waals surface area contributed by atoms with Gasteiger partial charge in [-0.2, -0.15) is 0 Å². The van der Waals surface area contributed by atoms with E-state index in [4.69, 9.17) is 34.2 Å². The third-order valence-electron chi connectivity index (χ3n) is 5.38. The topological polar surface area (TPSA) is 150 Å². The maximum Gasteiger partial charge on any atom is 0.513 e. The van der Waals surface area contributed by atoms with Crippen molar-refractivity contribution in [2.24, 2.45) is 11.7 Å². The monoisotopic (exact) mass is 539 g/mol. The van der Waals surface area contributed by atoms with Gasteiger partial charge in [-0.05, 0) is 37.5 Å². The Kier molecular flexibility index (Phi) is 14.2. The molecule has 0 aliphatic heterocycles. The molecule has 0 saturated carbocycles. The SMILES string of the molecule is CCCCOC(=O)Oc1ccc(C[C@](N)(CC(C)OC(=O)C(C)C)C(=O)OC)cc1OC(=O)OCCCC. The highest BCUT2D eigenvalue weighted by Crippen LogP contribution is 2.31. The predicted molar refractivity (Wildman–Crippen MR) is 138 cm³/mol. The van der Waals surface area contributed by atoms with Crippen molar-refractivity contribution in [2.75, 3.05) is 20.3 Å². The molecule has 2 N–H and O–H groups in total. The summed E-state index contributed by atoms with van der Waals surface area (Å²) in [6, 6.07) is 4.36. The van der Waals surface area contributed by atoms with Gasteiger partial charge in [0.05, 0.1) is 26.2 Å². The molecule has 1 unspecified atom stereocenters. The van der Waals surface area contributed by atoms with Gasteiger partial charge in [0.15, 0.2) is 11.5 Å². The van der Waals surface area contributed by atoms with Gasteiger partial charge in [-0.3, -0.25) is 9.59 Å². The van der Waals surface area contributed by atoms with Crippen molar-refractivity contribution in [3.05, 3.63) is 23.8 Å². The second-order valence-electron chi connectivity index (χ2n) is 9.32. The van der Waals surface area contributed by atoms with Crippen LogP contribution in [0.25, 0.3) is 0 Å². The zero-order valence-electron chi connectivity index (χ0n) is 23.2. The molecule has 214 valence electrons. The number of nitrogens with two attached hydrogens (primary N) is 1. The molecule has 11 heteroatoms. The van der Waals surface area contributed by atoms with E-state index in [0.29, 0.717) is 18.4 Å². The zero-order valence-corrected chi connectivity index (χ0v) is 23.2. The van der Waals surface area contributed by atoms with E-state index in [-0.39, 0.29) is 43.5 Å². The number of unbranched alkanes of at least 4 members (excludes halogenated alkanes) is 2. The molecule has 0 bridgehead atoms. The average Bonchev–Trinajstić information content (AvgIpc) is 2.85. The maximum atomic E-state index is 12.7. The molecule has 0 heterocycles. The molecular weight excluding hydrogens is 498 g/mol. The summed E-state index contributed by atoms with van der Waals surface area (Å²) in [5, 5.41) is 0. The summed E-state index contributed by atoms with van der Waals surface area (Å²) in [6.07, 6.45) is 0.239. The van der Waals surface area contributed by atoms with Crippen molar-refractivity contribution >= 4 is 24.2 Å². The number of hydrogen-bond acceptors (Lipinski definition) is 11. The van der Waals surface area contributed by atoms with E-state index < -0.39 is 35.9 Å². The number of methoxy groups -OCH3 is 1. The van der Waals surface area contributed by atoms with Crippen molar-refractivity contribution in [3.63, 3.8) is 0 Å². The van der Waals surface area contributed by atoms with Gasteiger partial charge in [0.2, 0.25) is 0 Å². The first-order valence-corrected chi connectivity index (χ1v) is 12.9. The fraction of sp³-hybridized carbons (Fsp3) is 0.630. The van der Waals surface area contributed by atoms with Crippen LogP contribution < -0.4 is 15.2 Å². The molecule has 11 nitrogen and oxygen atoms in total. The van der Waals surface area contributed by atoms with Gasteiger partial charge < -0.3 is 34.2 Å². The highest BCUT2D eigenvalue weighted by Gasteiger charge is 2.38. The van der Waals surface area contributed by atoms with E-state index >= 15 is 0 Å². The van der Waals surface area contributed by atoms with Gasteiger partial charge in [-0.15, -0.1) is 0 Å². The standard InChI is InChI=1S/C27H41NO10/c1-7-9-13-34-25(31)37-21-12-11-20(15-22(21)38-26(32)35-14-10-8-2)17-27(28,24(30)33-6)16-19(5)36-23(29)18(3)4/h11-12,15,18-19H,7-10,13-14,16-17,28H2,1-6H3/t19?,27-/m1/s1. The van der Waals surface area contributed by atoms with Crippen LogP contribution in [0.1, 0.15) is 72.3 Å². The molecule has 38 heavy (non-hydrogen) atoms. The van der Waals surface area contributed by atoms with Crippen LogP contribution in [-0.4, -0.2) is 56.2 Å². The lowest BCUT2D eigenvalue weighted by Gasteiger charge is -2.29. The molecule has 0 aliphatic rings. The second kappa shape index (κ2) is 16.5. The van der Waals surface area contributed by atoms with Crippen molar-refractivity contribution in [1.29, 1.82) is 0 Å². The normalized spacial score (nSPS) is 13.2. The third-order valence-corrected chi connectivity index (χ3v) is 5.38. The van der Waals surface area contributed by atoms with E-state index in [2.05, 4.69) is 0 Å². The van der Waals surface area contributed by atoms with Crippen molar-refractivity contribution < 1.29 is 47.6 Å². The highest BCUT2D eigenvalue weighted by molar-refractivity contribution is 5.81. The van der Waals surface area contributed by atoms with Crippen LogP contribution >= 0.6 is 0 Å². The van der Waals surface area contributed by atoms with E-state index in [0.717, 1.165) is 12.8 Å². The Morgan fingerprint density at radius 2 is 1.45 bits per heavy atom. The molecule has 0 fully saturated rings. The van der Waals surface area contributed by atoms with Crippen LogP contribution in [0.15, 0.2) is 18.2 Å². The molecule has 0 saturated heterocycles. The fourth-order valence-electron chi connectivity index (χ4n) is 3.35. The lowest BCUT2D eigenvalue weighted by molar-refractivity contribution is -0.157. The minimum Gasteiger partial charge on any atom is -0.468 e. The smallest absolute Gasteiger partial charge is 0.468 e. The van der Waals surface area contributed by atoms with E-state index in [1.165, 1.54) is 19.2 Å². The molecular formula is C27H41NO10. The van der Waals surface area contributed by atoms with Gasteiger partial charge in [0.1, 0.15) is 11.6 Å². The third kappa shape index (κ3) is 11.4. The first-order valence-electron chi connectivity index (χ1n) is 12.9. The fourth-order valence-corrected chi connectivity index (χ4v) is 3.35. The van der Waals surface area contributed by atoms with E-state index in [1.807, 2.05) is 13.8 Å². The number of rotatable bonds is 15. The summed E-state index contributed by atoms with van der Waals surface area (Å²) < 4.78 is 30.9. The number of carbonyl (C=O) groups excluding carboxylic acids is 4. The van der Waals surface area contributed by atoms with Crippen LogP contribution in [0.5, 0.6) is 11.5 Å². The Labute approximate surface area is 224 Å². The Bertz CT molecular complexity index is 932. The van der Waals surface area contributed by atoms with Crippen molar-refractivity contribution in [1.82, 2.24) is 0 Å². The van der Waals surface area contributed by atoms with Gasteiger partial charge in [-0.1, -0.05) is 46.6 Å². The molecule has 1 aromatic carbocycles. The molecule has 0 aromatic heterocycles. The maximum absolute atomic E-state index is 12.7. The zero-order chi connectivity index (χ0) is 28.7. The lowest BCUT2D eigenvalue weighted by Crippen LogP contribution is -2.53. The van der Waals surface area contributed by atoms with Gasteiger partial charge in [0, 0.05) is 12.8 Å². The Morgan fingerprint density at radius 3 is 1.95 bits per heavy atom. The summed E-state index contributed by atoms with van der Waals surface area (Å²) in [5.74, 6) is -1.69. The number of esters is 2. The first kappa shape index (κ1) is 32.7. The summed E-state index contributed by atoms with van der Waals surface area (Å²) >= 11 is 0. The van der Waals surface area contributed by atoms with Crippen LogP contribution in [-0.2, 0) is 35.0 Å². The molecule has 1 aromatic rings. The van der Waals surface area contributed by atoms with Gasteiger partial charge in [-0.25, -0.2) is 9.59 Å². The largest absolute Gasteiger partial charge is 0.513 e. The first-order chi connectivity index (χ1) is 17.9. The second-order valence-corrected chi connectivity index (χ2v) is 9.32. The summed E-state index contributed by atoms with van der Waals surface area (Å²) in [5.41, 5.74) is 5.34. The molecule has 1 rings (SSSR count). The number of benzene rings is 1. The van der Waals surface area contributed by atoms with Crippen molar-refractivity contribution in [3.8, 4) is 11.5 Å². The van der Waals surface area contributed by atoms with Crippen LogP contribution in [0.4, 0.5) is 9.59 Å². The average molecular weight is 540 g/mol. The number of carbonyl (C=O) groups is 4. The van der Waals surface area contributed by atoms with Crippen LogP contribution in [0.3, 0.4) is 0 Å². The Hall–Kier alpha value is -3.34. The molecule has 0 radical (unpaired) electrons. The highest BCUT2D eigenvalue weighted by atomic mass is 16.7. The van der Waals surface area contributed by atoms with Crippen LogP contribution in [0, 0.1) is 5.92 Å². The minimum absolute atomic E-state index is 0.0324. The number of ether oxygens (including phenoxy) is 6. The molecule has 0 amide bonds. The summed E-state index contributed by atoms with van der Waals surface area (Å²) in [6.45, 7) is 9.26. The van der Waals surface area contributed by atoms with Crippen LogP contribution in [0.2, 0.25) is 0 Å². The van der Waals surface area contributed by atoms with Gasteiger partial charge in [0.25, 0.3) is 0 Å². The Balaban J connectivity index is 3.20. The quantitative estimate of drug-likeness (QED) is 0.143. The molecule has 0 spiro atoms. The van der Waals surface area contributed by atoms with Gasteiger partial charge >= 0.3 is 24.2 Å². The summed E-state index contributed by atoms with van der Waals surface area (Å²) in [4.78, 5) is 49.0. The Morgan fingerprint density at radius 1 is 0.895 bits per heavy atom.